The third kappa shape index (κ3) is 4.13. The summed E-state index contributed by atoms with van der Waals surface area (Å²) in [6.45, 7) is 12.1. The normalized spacial score (nSPS) is 14.4. The Balaban J connectivity index is 2.62. The molecule has 1 unspecified atom stereocenters. The van der Waals surface area contributed by atoms with Crippen LogP contribution < -0.4 is 5.32 Å². The van der Waals surface area contributed by atoms with E-state index in [4.69, 9.17) is 23.2 Å². The van der Waals surface area contributed by atoms with Gasteiger partial charge in [-0.05, 0) is 29.9 Å². The molecule has 0 aliphatic carbocycles. The lowest BCUT2D eigenvalue weighted by atomic mass is 9.81. The molecule has 0 fully saturated rings. The first-order valence-corrected chi connectivity index (χ1v) is 7.49. The molecule has 0 amide bonds. The van der Waals surface area contributed by atoms with E-state index in [0.717, 1.165) is 20.8 Å². The van der Waals surface area contributed by atoms with Crippen molar-refractivity contribution in [2.24, 2.45) is 11.3 Å². The molecule has 0 saturated heterocycles. The minimum atomic E-state index is 0.240. The molecule has 0 aromatic carbocycles. The van der Waals surface area contributed by atoms with Crippen LogP contribution in [0.15, 0.2) is 6.07 Å². The van der Waals surface area contributed by atoms with Crippen LogP contribution in [-0.4, -0.2) is 6.54 Å². The maximum Gasteiger partial charge on any atom is 0.0991 e. The number of nitrogens with one attached hydrogen (secondary N) is 1. The highest BCUT2D eigenvalue weighted by Crippen LogP contribution is 2.35. The minimum absolute atomic E-state index is 0.240. The molecule has 17 heavy (non-hydrogen) atoms. The third-order valence-corrected chi connectivity index (χ3v) is 5.09. The van der Waals surface area contributed by atoms with Gasteiger partial charge in [-0.2, -0.15) is 0 Å². The fourth-order valence-electron chi connectivity index (χ4n) is 1.38. The van der Waals surface area contributed by atoms with E-state index in [-0.39, 0.29) is 11.5 Å². The zero-order valence-corrected chi connectivity index (χ0v) is 13.4. The molecule has 1 nitrogen and oxygen atoms in total. The zero-order valence-electron chi connectivity index (χ0n) is 11.1. The summed E-state index contributed by atoms with van der Waals surface area (Å²) in [7, 11) is 0. The second kappa shape index (κ2) is 5.92. The van der Waals surface area contributed by atoms with Gasteiger partial charge < -0.3 is 5.32 Å². The van der Waals surface area contributed by atoms with Crippen molar-refractivity contribution in [3.05, 3.63) is 20.3 Å². The molecule has 0 spiro atoms. The van der Waals surface area contributed by atoms with Gasteiger partial charge in [-0.3, -0.25) is 0 Å². The van der Waals surface area contributed by atoms with Crippen LogP contribution in [0.5, 0.6) is 0 Å². The molecule has 1 N–H and O–H groups in total. The van der Waals surface area contributed by atoms with Crippen molar-refractivity contribution in [1.82, 2.24) is 5.32 Å². The van der Waals surface area contributed by atoms with E-state index < -0.39 is 0 Å². The average Bonchev–Trinajstić information content (AvgIpc) is 2.54. The Hall–Kier alpha value is 0.240. The van der Waals surface area contributed by atoms with Crippen LogP contribution in [0.3, 0.4) is 0 Å². The summed E-state index contributed by atoms with van der Waals surface area (Å²) in [5, 5.41) is 3.54. The van der Waals surface area contributed by atoms with Gasteiger partial charge in [0.25, 0.3) is 0 Å². The SMILES string of the molecule is CC(NCC(C)(C)C(C)C)c1cc(Cl)sc1Cl. The van der Waals surface area contributed by atoms with Crippen molar-refractivity contribution in [3.8, 4) is 0 Å². The van der Waals surface area contributed by atoms with E-state index in [9.17, 15) is 0 Å². The lowest BCUT2D eigenvalue weighted by molar-refractivity contribution is 0.230. The van der Waals surface area contributed by atoms with E-state index in [1.54, 1.807) is 0 Å². The molecule has 1 atom stereocenters. The standard InChI is InChI=1S/C13H21Cl2NS/c1-8(2)13(4,5)7-16-9(3)10-6-11(14)17-12(10)15/h6,8-9,16H,7H2,1-5H3. The smallest absolute Gasteiger partial charge is 0.0991 e. The van der Waals surface area contributed by atoms with E-state index in [0.29, 0.717) is 5.92 Å². The molecule has 0 saturated carbocycles. The predicted octanol–water partition coefficient (Wildman–Crippen LogP) is 5.39. The largest absolute Gasteiger partial charge is 0.310 e. The highest BCUT2D eigenvalue weighted by Gasteiger charge is 2.23. The number of rotatable bonds is 5. The fraction of sp³-hybridized carbons (Fsp3) is 0.692. The molecule has 4 heteroatoms. The molecule has 0 aliphatic heterocycles. The van der Waals surface area contributed by atoms with Crippen LogP contribution in [0.2, 0.25) is 8.67 Å². The quantitative estimate of drug-likeness (QED) is 0.768. The predicted molar refractivity (Wildman–Crippen MR) is 79.4 cm³/mol. The van der Waals surface area contributed by atoms with E-state index in [2.05, 4.69) is 39.9 Å². The van der Waals surface area contributed by atoms with E-state index in [1.807, 2.05) is 6.07 Å². The second-order valence-electron chi connectivity index (χ2n) is 5.53. The van der Waals surface area contributed by atoms with Crippen LogP contribution in [0.25, 0.3) is 0 Å². The zero-order chi connectivity index (χ0) is 13.2. The number of hydrogen-bond acceptors (Lipinski definition) is 2. The summed E-state index contributed by atoms with van der Waals surface area (Å²) >= 11 is 13.5. The van der Waals surface area contributed by atoms with Crippen LogP contribution >= 0.6 is 34.5 Å². The molecular formula is C13H21Cl2NS. The maximum atomic E-state index is 6.15. The van der Waals surface area contributed by atoms with Crippen LogP contribution in [0, 0.1) is 11.3 Å². The van der Waals surface area contributed by atoms with Gasteiger partial charge in [-0.1, -0.05) is 50.9 Å². The van der Waals surface area contributed by atoms with Gasteiger partial charge in [0.1, 0.15) is 0 Å². The van der Waals surface area contributed by atoms with Gasteiger partial charge >= 0.3 is 0 Å². The van der Waals surface area contributed by atoms with E-state index in [1.165, 1.54) is 11.3 Å². The average molecular weight is 294 g/mol. The van der Waals surface area contributed by atoms with Crippen molar-refractivity contribution in [2.45, 2.75) is 40.7 Å². The second-order valence-corrected chi connectivity index (χ2v) is 7.81. The van der Waals surface area contributed by atoms with Crippen molar-refractivity contribution >= 4 is 34.5 Å². The van der Waals surface area contributed by atoms with Gasteiger partial charge in [0.15, 0.2) is 0 Å². The van der Waals surface area contributed by atoms with Crippen molar-refractivity contribution in [1.29, 1.82) is 0 Å². The Morgan fingerprint density at radius 2 is 1.88 bits per heavy atom. The van der Waals surface area contributed by atoms with Crippen molar-refractivity contribution < 1.29 is 0 Å². The van der Waals surface area contributed by atoms with Gasteiger partial charge in [0, 0.05) is 12.6 Å². The molecule has 1 rings (SSSR count). The minimum Gasteiger partial charge on any atom is -0.310 e. The van der Waals surface area contributed by atoms with Gasteiger partial charge in [0.05, 0.1) is 8.67 Å². The summed E-state index contributed by atoms with van der Waals surface area (Å²) < 4.78 is 1.54. The van der Waals surface area contributed by atoms with Crippen LogP contribution in [0.1, 0.15) is 46.2 Å². The Morgan fingerprint density at radius 3 is 2.29 bits per heavy atom. The van der Waals surface area contributed by atoms with Crippen LogP contribution in [0.4, 0.5) is 0 Å². The molecule has 0 bridgehead atoms. The van der Waals surface area contributed by atoms with Gasteiger partial charge in [0.2, 0.25) is 0 Å². The Bertz CT molecular complexity index is 371. The molecule has 98 valence electrons. The topological polar surface area (TPSA) is 12.0 Å². The molecule has 0 radical (unpaired) electrons. The van der Waals surface area contributed by atoms with Gasteiger partial charge in [-0.25, -0.2) is 0 Å². The van der Waals surface area contributed by atoms with Crippen molar-refractivity contribution in [3.63, 3.8) is 0 Å². The first-order valence-electron chi connectivity index (χ1n) is 5.92. The lowest BCUT2D eigenvalue weighted by Gasteiger charge is -2.31. The number of thiophene rings is 1. The molecule has 1 heterocycles. The summed E-state index contributed by atoms with van der Waals surface area (Å²) in [5.41, 5.74) is 1.38. The van der Waals surface area contributed by atoms with Crippen LogP contribution in [-0.2, 0) is 0 Å². The Kier molecular flexibility index (Phi) is 5.33. The first-order chi connectivity index (χ1) is 7.74. The number of halogens is 2. The highest BCUT2D eigenvalue weighted by molar-refractivity contribution is 7.20. The molecule has 1 aromatic heterocycles. The molecular weight excluding hydrogens is 273 g/mol. The summed E-state index contributed by atoms with van der Waals surface area (Å²) in [6, 6.07) is 2.19. The monoisotopic (exact) mass is 293 g/mol. The number of hydrogen-bond donors (Lipinski definition) is 1. The fourth-order valence-corrected chi connectivity index (χ4v) is 3.02. The molecule has 1 aromatic rings. The summed E-state index contributed by atoms with van der Waals surface area (Å²) in [4.78, 5) is 0. The lowest BCUT2D eigenvalue weighted by Crippen LogP contribution is -2.34. The molecule has 0 aliphatic rings. The van der Waals surface area contributed by atoms with Gasteiger partial charge in [-0.15, -0.1) is 11.3 Å². The third-order valence-electron chi connectivity index (χ3n) is 3.58. The Morgan fingerprint density at radius 1 is 1.29 bits per heavy atom. The van der Waals surface area contributed by atoms with Crippen molar-refractivity contribution in [2.75, 3.05) is 6.54 Å². The highest BCUT2D eigenvalue weighted by atomic mass is 35.5. The Labute approximate surface area is 119 Å². The summed E-state index contributed by atoms with van der Waals surface area (Å²) in [6.07, 6.45) is 0. The first kappa shape index (κ1) is 15.3. The van der Waals surface area contributed by atoms with E-state index >= 15 is 0 Å². The summed E-state index contributed by atoms with van der Waals surface area (Å²) in [5.74, 6) is 0.642. The maximum absolute atomic E-state index is 6.15.